The standard InChI is InChI=1S/C20H19NO/c22-18-13-21(14-18)12-17-11-10-15-6-4-5-9-19(15)20(17)16-7-2-1-3-8-16/h1-11,18,22H,12-14H2. The van der Waals surface area contributed by atoms with Crippen LogP contribution in [-0.4, -0.2) is 29.2 Å². The van der Waals surface area contributed by atoms with Crippen LogP contribution in [0.4, 0.5) is 0 Å². The minimum Gasteiger partial charge on any atom is -0.390 e. The van der Waals surface area contributed by atoms with Gasteiger partial charge in [-0.05, 0) is 27.5 Å². The van der Waals surface area contributed by atoms with Gasteiger partial charge in [0, 0.05) is 19.6 Å². The number of likely N-dealkylation sites (tertiary alicyclic amines) is 1. The number of hydrogen-bond donors (Lipinski definition) is 1. The molecule has 0 spiro atoms. The molecule has 1 heterocycles. The molecule has 2 nitrogen and oxygen atoms in total. The fourth-order valence-electron chi connectivity index (χ4n) is 3.31. The molecule has 1 N–H and O–H groups in total. The van der Waals surface area contributed by atoms with E-state index >= 15 is 0 Å². The van der Waals surface area contributed by atoms with Crippen molar-refractivity contribution < 1.29 is 5.11 Å². The Bertz CT molecular complexity index is 791. The van der Waals surface area contributed by atoms with Gasteiger partial charge in [-0.15, -0.1) is 0 Å². The Labute approximate surface area is 130 Å². The summed E-state index contributed by atoms with van der Waals surface area (Å²) in [6, 6.07) is 23.6. The number of β-amino-alcohol motifs (C(OH)–C–C–N with tert-alkyl or cyclic N) is 1. The topological polar surface area (TPSA) is 23.5 Å². The van der Waals surface area contributed by atoms with E-state index in [1.54, 1.807) is 0 Å². The number of aliphatic hydroxyl groups is 1. The Balaban J connectivity index is 1.85. The van der Waals surface area contributed by atoms with Crippen LogP contribution in [0, 0.1) is 0 Å². The van der Waals surface area contributed by atoms with Crippen LogP contribution in [0.3, 0.4) is 0 Å². The van der Waals surface area contributed by atoms with Gasteiger partial charge in [-0.3, -0.25) is 4.90 Å². The molecule has 1 fully saturated rings. The molecule has 4 rings (SSSR count). The molecule has 1 aliphatic rings. The Morgan fingerprint density at radius 3 is 2.36 bits per heavy atom. The molecular weight excluding hydrogens is 270 g/mol. The molecule has 0 aliphatic carbocycles. The maximum atomic E-state index is 9.51. The zero-order valence-electron chi connectivity index (χ0n) is 12.4. The van der Waals surface area contributed by atoms with Crippen LogP contribution in [0.2, 0.25) is 0 Å². The summed E-state index contributed by atoms with van der Waals surface area (Å²) in [6.07, 6.45) is -0.152. The molecule has 0 bridgehead atoms. The normalized spacial score (nSPS) is 15.9. The monoisotopic (exact) mass is 289 g/mol. The maximum absolute atomic E-state index is 9.51. The summed E-state index contributed by atoms with van der Waals surface area (Å²) in [7, 11) is 0. The molecule has 3 aromatic rings. The average molecular weight is 289 g/mol. The second kappa shape index (κ2) is 5.56. The Morgan fingerprint density at radius 2 is 1.59 bits per heavy atom. The first-order valence-electron chi connectivity index (χ1n) is 7.78. The zero-order chi connectivity index (χ0) is 14.9. The van der Waals surface area contributed by atoms with Crippen LogP contribution in [0.15, 0.2) is 66.7 Å². The van der Waals surface area contributed by atoms with Gasteiger partial charge in [-0.2, -0.15) is 0 Å². The summed E-state index contributed by atoms with van der Waals surface area (Å²) < 4.78 is 0. The lowest BCUT2D eigenvalue weighted by molar-refractivity contribution is -0.00276. The van der Waals surface area contributed by atoms with E-state index in [9.17, 15) is 5.11 Å². The van der Waals surface area contributed by atoms with E-state index in [-0.39, 0.29) is 6.10 Å². The molecule has 3 aromatic carbocycles. The minimum atomic E-state index is -0.152. The molecule has 0 amide bonds. The van der Waals surface area contributed by atoms with Crippen LogP contribution in [0.1, 0.15) is 5.56 Å². The molecule has 110 valence electrons. The third kappa shape index (κ3) is 2.41. The second-order valence-corrected chi connectivity index (χ2v) is 6.03. The van der Waals surface area contributed by atoms with E-state index in [0.717, 1.165) is 19.6 Å². The van der Waals surface area contributed by atoms with Crippen LogP contribution in [-0.2, 0) is 6.54 Å². The average Bonchev–Trinajstić information content (AvgIpc) is 2.54. The van der Waals surface area contributed by atoms with Gasteiger partial charge in [0.1, 0.15) is 0 Å². The first kappa shape index (κ1) is 13.5. The van der Waals surface area contributed by atoms with Crippen molar-refractivity contribution in [3.05, 3.63) is 72.3 Å². The van der Waals surface area contributed by atoms with Gasteiger partial charge in [0.25, 0.3) is 0 Å². The molecule has 0 atom stereocenters. The quantitative estimate of drug-likeness (QED) is 0.795. The largest absolute Gasteiger partial charge is 0.390 e. The second-order valence-electron chi connectivity index (χ2n) is 6.03. The van der Waals surface area contributed by atoms with E-state index in [1.807, 2.05) is 0 Å². The molecule has 1 saturated heterocycles. The summed E-state index contributed by atoms with van der Waals surface area (Å²) in [5.41, 5.74) is 3.91. The number of aliphatic hydroxyl groups excluding tert-OH is 1. The van der Waals surface area contributed by atoms with Crippen LogP contribution >= 0.6 is 0 Å². The van der Waals surface area contributed by atoms with Crippen molar-refractivity contribution in [3.63, 3.8) is 0 Å². The fraction of sp³-hybridized carbons (Fsp3) is 0.200. The molecule has 22 heavy (non-hydrogen) atoms. The van der Waals surface area contributed by atoms with Crippen molar-refractivity contribution in [2.24, 2.45) is 0 Å². The van der Waals surface area contributed by atoms with E-state index in [4.69, 9.17) is 0 Å². The van der Waals surface area contributed by atoms with Crippen molar-refractivity contribution >= 4 is 10.8 Å². The molecular formula is C20H19NO. The lowest BCUT2D eigenvalue weighted by Crippen LogP contribution is -2.49. The molecule has 0 radical (unpaired) electrons. The number of rotatable bonds is 3. The highest BCUT2D eigenvalue weighted by Crippen LogP contribution is 2.33. The predicted octanol–water partition coefficient (Wildman–Crippen LogP) is 3.68. The van der Waals surface area contributed by atoms with Crippen LogP contribution in [0.25, 0.3) is 21.9 Å². The molecule has 0 unspecified atom stereocenters. The highest BCUT2D eigenvalue weighted by atomic mass is 16.3. The van der Waals surface area contributed by atoms with E-state index in [2.05, 4.69) is 71.6 Å². The lowest BCUT2D eigenvalue weighted by atomic mass is 9.92. The number of benzene rings is 3. The van der Waals surface area contributed by atoms with Crippen molar-refractivity contribution in [3.8, 4) is 11.1 Å². The van der Waals surface area contributed by atoms with E-state index in [1.165, 1.54) is 27.5 Å². The molecule has 0 saturated carbocycles. The fourth-order valence-corrected chi connectivity index (χ4v) is 3.31. The first-order valence-corrected chi connectivity index (χ1v) is 7.78. The highest BCUT2D eigenvalue weighted by Gasteiger charge is 2.25. The summed E-state index contributed by atoms with van der Waals surface area (Å²) in [6.45, 7) is 2.45. The molecule has 0 aromatic heterocycles. The Hall–Kier alpha value is -2.16. The summed E-state index contributed by atoms with van der Waals surface area (Å²) in [5, 5.41) is 12.1. The van der Waals surface area contributed by atoms with Gasteiger partial charge in [-0.1, -0.05) is 66.7 Å². The Morgan fingerprint density at radius 1 is 0.864 bits per heavy atom. The number of hydrogen-bond acceptors (Lipinski definition) is 2. The summed E-state index contributed by atoms with van der Waals surface area (Å²) in [4.78, 5) is 2.29. The van der Waals surface area contributed by atoms with Gasteiger partial charge in [-0.25, -0.2) is 0 Å². The molecule has 2 heteroatoms. The van der Waals surface area contributed by atoms with Gasteiger partial charge >= 0.3 is 0 Å². The van der Waals surface area contributed by atoms with E-state index < -0.39 is 0 Å². The SMILES string of the molecule is OC1CN(Cc2ccc3ccccc3c2-c2ccccc2)C1. The van der Waals surface area contributed by atoms with Gasteiger partial charge < -0.3 is 5.11 Å². The first-order chi connectivity index (χ1) is 10.8. The number of fused-ring (bicyclic) bond motifs is 1. The smallest absolute Gasteiger partial charge is 0.0794 e. The van der Waals surface area contributed by atoms with Crippen molar-refractivity contribution in [2.75, 3.05) is 13.1 Å². The van der Waals surface area contributed by atoms with Crippen LogP contribution < -0.4 is 0 Å². The summed E-state index contributed by atoms with van der Waals surface area (Å²) >= 11 is 0. The summed E-state index contributed by atoms with van der Waals surface area (Å²) in [5.74, 6) is 0. The minimum absolute atomic E-state index is 0.152. The van der Waals surface area contributed by atoms with Crippen molar-refractivity contribution in [1.29, 1.82) is 0 Å². The van der Waals surface area contributed by atoms with Gasteiger partial charge in [0.05, 0.1) is 6.10 Å². The number of nitrogens with zero attached hydrogens (tertiary/aromatic N) is 1. The van der Waals surface area contributed by atoms with Crippen molar-refractivity contribution in [2.45, 2.75) is 12.6 Å². The van der Waals surface area contributed by atoms with Crippen LogP contribution in [0.5, 0.6) is 0 Å². The third-order valence-electron chi connectivity index (χ3n) is 4.41. The highest BCUT2D eigenvalue weighted by molar-refractivity contribution is 5.98. The predicted molar refractivity (Wildman–Crippen MR) is 90.7 cm³/mol. The van der Waals surface area contributed by atoms with Crippen molar-refractivity contribution in [1.82, 2.24) is 4.90 Å². The molecule has 1 aliphatic heterocycles. The van der Waals surface area contributed by atoms with Gasteiger partial charge in [0.2, 0.25) is 0 Å². The zero-order valence-corrected chi connectivity index (χ0v) is 12.4. The third-order valence-corrected chi connectivity index (χ3v) is 4.41. The van der Waals surface area contributed by atoms with E-state index in [0.29, 0.717) is 0 Å². The lowest BCUT2D eigenvalue weighted by Gasteiger charge is -2.36. The maximum Gasteiger partial charge on any atom is 0.0794 e. The Kier molecular flexibility index (Phi) is 3.41. The van der Waals surface area contributed by atoms with Gasteiger partial charge in [0.15, 0.2) is 0 Å².